The van der Waals surface area contributed by atoms with Crippen LogP contribution in [0.1, 0.15) is 21.7 Å². The van der Waals surface area contributed by atoms with Gasteiger partial charge in [-0.05, 0) is 84.4 Å². The lowest BCUT2D eigenvalue weighted by molar-refractivity contribution is 0.102. The van der Waals surface area contributed by atoms with Crippen LogP contribution in [0.3, 0.4) is 0 Å². The van der Waals surface area contributed by atoms with Crippen molar-refractivity contribution in [2.24, 2.45) is 0 Å². The van der Waals surface area contributed by atoms with Gasteiger partial charge >= 0.3 is 0 Å². The Labute approximate surface area is 250 Å². The third-order valence-electron chi connectivity index (χ3n) is 7.17. The molecule has 0 aliphatic carbocycles. The van der Waals surface area contributed by atoms with Crippen molar-refractivity contribution >= 4 is 17.4 Å². The first kappa shape index (κ1) is 26.8. The normalized spacial score (nSPS) is 11.1. The van der Waals surface area contributed by atoms with E-state index in [0.29, 0.717) is 34.8 Å². The predicted molar refractivity (Wildman–Crippen MR) is 162 cm³/mol. The van der Waals surface area contributed by atoms with E-state index in [1.807, 2.05) is 47.0 Å². The van der Waals surface area contributed by atoms with Crippen molar-refractivity contribution in [3.8, 4) is 28.1 Å². The van der Waals surface area contributed by atoms with Crippen molar-refractivity contribution < 1.29 is 13.6 Å². The molecule has 0 aliphatic rings. The third kappa shape index (κ3) is 5.43. The van der Waals surface area contributed by atoms with Gasteiger partial charge in [0.05, 0.1) is 23.3 Å². The van der Waals surface area contributed by atoms with E-state index in [9.17, 15) is 13.6 Å². The number of benzene rings is 3. The summed E-state index contributed by atoms with van der Waals surface area (Å²) in [5.74, 6) is -0.628. The van der Waals surface area contributed by atoms with Crippen LogP contribution in [0.25, 0.3) is 33.7 Å². The number of hydrogen-bond acceptors (Lipinski definition) is 5. The lowest BCUT2D eigenvalue weighted by Gasteiger charge is -2.11. The largest absolute Gasteiger partial charge is 0.305 e. The van der Waals surface area contributed by atoms with E-state index < -0.39 is 0 Å². The number of halogens is 2. The highest BCUT2D eigenvalue weighted by atomic mass is 19.1. The molecule has 44 heavy (non-hydrogen) atoms. The highest BCUT2D eigenvalue weighted by Gasteiger charge is 2.17. The van der Waals surface area contributed by atoms with Gasteiger partial charge in [0, 0.05) is 41.2 Å². The second kappa shape index (κ2) is 11.3. The van der Waals surface area contributed by atoms with Crippen molar-refractivity contribution in [2.75, 3.05) is 5.32 Å². The Morgan fingerprint density at radius 1 is 0.818 bits per heavy atom. The van der Waals surface area contributed by atoms with Gasteiger partial charge in [-0.1, -0.05) is 18.2 Å². The summed E-state index contributed by atoms with van der Waals surface area (Å²) in [6.07, 6.45) is 7.12. The molecule has 0 bridgehead atoms. The van der Waals surface area contributed by atoms with Crippen LogP contribution in [0.4, 0.5) is 14.6 Å². The number of imidazole rings is 2. The molecule has 10 heteroatoms. The molecule has 0 fully saturated rings. The van der Waals surface area contributed by atoms with Gasteiger partial charge in [0.1, 0.15) is 18.0 Å². The van der Waals surface area contributed by atoms with Gasteiger partial charge in [0.2, 0.25) is 0 Å². The van der Waals surface area contributed by atoms with Crippen molar-refractivity contribution in [3.63, 3.8) is 0 Å². The molecular weight excluding hydrogens is 560 g/mol. The standard InChI is InChI=1S/C34H23F2N7O/c35-26-8-6-22(7-9-26)33-30(42(21-38-33)29-13-10-27(36)11-14-29)18-28-12-15-32-39-31(20-43(32)41-28)40-34(44)24-4-1-3-23(17-24)25-5-2-16-37-19-25/h1-17,19-21H,18H2,(H,40,44). The summed E-state index contributed by atoms with van der Waals surface area (Å²) in [7, 11) is 0. The second-order valence-corrected chi connectivity index (χ2v) is 10.1. The van der Waals surface area contributed by atoms with Gasteiger partial charge in [0.15, 0.2) is 11.5 Å². The van der Waals surface area contributed by atoms with E-state index in [0.717, 1.165) is 28.1 Å². The topological polar surface area (TPSA) is 90.0 Å². The smallest absolute Gasteiger partial charge is 0.256 e. The van der Waals surface area contributed by atoms with Gasteiger partial charge in [0.25, 0.3) is 5.91 Å². The Morgan fingerprint density at radius 3 is 2.36 bits per heavy atom. The molecule has 0 saturated carbocycles. The molecule has 3 aromatic carbocycles. The average molecular weight is 584 g/mol. The maximum Gasteiger partial charge on any atom is 0.256 e. The maximum atomic E-state index is 13.7. The lowest BCUT2D eigenvalue weighted by atomic mass is 10.0. The van der Waals surface area contributed by atoms with Crippen LogP contribution >= 0.6 is 0 Å². The average Bonchev–Trinajstić information content (AvgIpc) is 3.65. The Hall–Kier alpha value is -6.03. The van der Waals surface area contributed by atoms with Gasteiger partial charge in [-0.3, -0.25) is 9.78 Å². The van der Waals surface area contributed by atoms with Crippen molar-refractivity contribution in [1.82, 2.24) is 29.1 Å². The first-order valence-electron chi connectivity index (χ1n) is 13.8. The zero-order chi connectivity index (χ0) is 30.0. The fraction of sp³-hybridized carbons (Fsp3) is 0.0294. The number of pyridine rings is 1. The van der Waals surface area contributed by atoms with Gasteiger partial charge in [-0.15, -0.1) is 0 Å². The molecule has 0 saturated heterocycles. The van der Waals surface area contributed by atoms with Crippen LogP contribution in [0.2, 0.25) is 0 Å². The minimum Gasteiger partial charge on any atom is -0.305 e. The quantitative estimate of drug-likeness (QED) is 0.224. The molecule has 8 nitrogen and oxygen atoms in total. The zero-order valence-corrected chi connectivity index (χ0v) is 23.1. The Kier molecular flexibility index (Phi) is 6.91. The summed E-state index contributed by atoms with van der Waals surface area (Å²) >= 11 is 0. The van der Waals surface area contributed by atoms with E-state index in [4.69, 9.17) is 5.10 Å². The highest BCUT2D eigenvalue weighted by molar-refractivity contribution is 6.04. The monoisotopic (exact) mass is 583 g/mol. The molecule has 0 radical (unpaired) electrons. The number of anilines is 1. The first-order chi connectivity index (χ1) is 21.5. The van der Waals surface area contributed by atoms with E-state index in [2.05, 4.69) is 20.3 Å². The highest BCUT2D eigenvalue weighted by Crippen LogP contribution is 2.27. The van der Waals surface area contributed by atoms with E-state index in [-0.39, 0.29) is 17.5 Å². The van der Waals surface area contributed by atoms with Gasteiger partial charge < -0.3 is 9.88 Å². The number of carbonyl (C=O) groups excluding carboxylic acids is 1. The number of rotatable bonds is 7. The SMILES string of the molecule is O=C(Nc1cn2nc(Cc3c(-c4ccc(F)cc4)ncn3-c3ccc(F)cc3)ccc2n1)c1cccc(-c2cccnc2)c1. The van der Waals surface area contributed by atoms with Gasteiger partial charge in [-0.25, -0.2) is 23.3 Å². The summed E-state index contributed by atoms with van der Waals surface area (Å²) in [5.41, 5.74) is 6.44. The Bertz CT molecular complexity index is 2040. The number of nitrogens with one attached hydrogen (secondary N) is 1. The summed E-state index contributed by atoms with van der Waals surface area (Å²) in [5, 5.41) is 7.60. The predicted octanol–water partition coefficient (Wildman–Crippen LogP) is 6.77. The summed E-state index contributed by atoms with van der Waals surface area (Å²) < 4.78 is 30.8. The van der Waals surface area contributed by atoms with Crippen molar-refractivity contribution in [3.05, 3.63) is 151 Å². The van der Waals surface area contributed by atoms with Crippen LogP contribution in [0, 0.1) is 11.6 Å². The summed E-state index contributed by atoms with van der Waals surface area (Å²) in [6.45, 7) is 0. The fourth-order valence-electron chi connectivity index (χ4n) is 5.03. The minimum absolute atomic E-state index is 0.300. The third-order valence-corrected chi connectivity index (χ3v) is 7.17. The Balaban J connectivity index is 1.17. The molecule has 0 aliphatic heterocycles. The van der Waals surface area contributed by atoms with Crippen LogP contribution in [-0.2, 0) is 6.42 Å². The fourth-order valence-corrected chi connectivity index (χ4v) is 5.03. The van der Waals surface area contributed by atoms with Gasteiger partial charge in [-0.2, -0.15) is 5.10 Å². The van der Waals surface area contributed by atoms with E-state index >= 15 is 0 Å². The number of fused-ring (bicyclic) bond motifs is 1. The molecule has 214 valence electrons. The molecule has 7 rings (SSSR count). The maximum absolute atomic E-state index is 13.7. The Morgan fingerprint density at radius 2 is 1.59 bits per heavy atom. The number of hydrogen-bond donors (Lipinski definition) is 1. The van der Waals surface area contributed by atoms with Crippen LogP contribution in [0.15, 0.2) is 122 Å². The molecule has 1 amide bonds. The van der Waals surface area contributed by atoms with Crippen LogP contribution in [0.5, 0.6) is 0 Å². The summed E-state index contributed by atoms with van der Waals surface area (Å²) in [6, 6.07) is 27.0. The number of carbonyl (C=O) groups is 1. The number of aromatic nitrogens is 6. The molecule has 1 N–H and O–H groups in total. The summed E-state index contributed by atoms with van der Waals surface area (Å²) in [4.78, 5) is 26.4. The minimum atomic E-state index is -0.343. The van der Waals surface area contributed by atoms with Crippen molar-refractivity contribution in [1.29, 1.82) is 0 Å². The van der Waals surface area contributed by atoms with E-state index in [1.165, 1.54) is 24.3 Å². The molecule has 4 aromatic heterocycles. The molecular formula is C34H23F2N7O. The zero-order valence-electron chi connectivity index (χ0n) is 23.1. The second-order valence-electron chi connectivity index (χ2n) is 10.1. The van der Waals surface area contributed by atoms with Crippen LogP contribution in [-0.4, -0.2) is 35.0 Å². The number of nitrogens with zero attached hydrogens (tertiary/aromatic N) is 6. The lowest BCUT2D eigenvalue weighted by Crippen LogP contribution is -2.12. The molecule has 0 unspecified atom stereocenters. The van der Waals surface area contributed by atoms with Crippen molar-refractivity contribution in [2.45, 2.75) is 6.42 Å². The number of amides is 1. The molecule has 0 spiro atoms. The first-order valence-corrected chi connectivity index (χ1v) is 13.8. The molecule has 4 heterocycles. The van der Waals surface area contributed by atoms with E-state index in [1.54, 1.807) is 59.8 Å². The molecule has 7 aromatic rings. The molecule has 0 atom stereocenters. The van der Waals surface area contributed by atoms with Crippen LogP contribution < -0.4 is 5.32 Å².